The lowest BCUT2D eigenvalue weighted by Crippen LogP contribution is -2.41. The van der Waals surface area contributed by atoms with Crippen molar-refractivity contribution in [3.05, 3.63) is 82.8 Å². The summed E-state index contributed by atoms with van der Waals surface area (Å²) in [4.78, 5) is 13.1. The Morgan fingerprint density at radius 2 is 1.67 bits per heavy atom. The van der Waals surface area contributed by atoms with E-state index in [9.17, 15) is 13.2 Å². The molecule has 174 valence electrons. The number of nitrogens with zero attached hydrogens (tertiary/aromatic N) is 1. The average Bonchev–Trinajstić information content (AvgIpc) is 2.83. The van der Waals surface area contributed by atoms with Gasteiger partial charge in [-0.3, -0.25) is 9.10 Å². The minimum absolute atomic E-state index is 0.100. The van der Waals surface area contributed by atoms with Crippen LogP contribution in [-0.2, 0) is 14.8 Å². The highest BCUT2D eigenvalue weighted by molar-refractivity contribution is 9.10. The zero-order chi connectivity index (χ0) is 24.0. The van der Waals surface area contributed by atoms with Crippen molar-refractivity contribution in [3.63, 3.8) is 0 Å². The van der Waals surface area contributed by atoms with Crippen LogP contribution in [0, 0.1) is 0 Å². The second kappa shape index (κ2) is 10.7. The van der Waals surface area contributed by atoms with Gasteiger partial charge >= 0.3 is 0 Å². The van der Waals surface area contributed by atoms with Gasteiger partial charge in [0.25, 0.3) is 10.0 Å². The second-order valence-electron chi connectivity index (χ2n) is 7.20. The summed E-state index contributed by atoms with van der Waals surface area (Å²) in [6.45, 7) is 1.40. The molecule has 1 N–H and O–H groups in total. The summed E-state index contributed by atoms with van der Waals surface area (Å²) < 4.78 is 39.4. The summed E-state index contributed by atoms with van der Waals surface area (Å²) in [5.74, 6) is 0.745. The van der Waals surface area contributed by atoms with Crippen molar-refractivity contribution in [2.24, 2.45) is 0 Å². The Labute approximate surface area is 202 Å². The minimum atomic E-state index is -3.97. The molecule has 0 bridgehead atoms. The van der Waals surface area contributed by atoms with E-state index in [0.29, 0.717) is 22.7 Å². The van der Waals surface area contributed by atoms with Crippen LogP contribution in [0.1, 0.15) is 18.5 Å². The van der Waals surface area contributed by atoms with Crippen LogP contribution < -0.4 is 19.1 Å². The van der Waals surface area contributed by atoms with Crippen LogP contribution in [0.4, 0.5) is 5.69 Å². The molecule has 33 heavy (non-hydrogen) atoms. The van der Waals surface area contributed by atoms with E-state index < -0.39 is 28.5 Å². The van der Waals surface area contributed by atoms with Gasteiger partial charge in [0.1, 0.15) is 18.0 Å². The second-order valence-corrected chi connectivity index (χ2v) is 9.98. The van der Waals surface area contributed by atoms with Gasteiger partial charge in [-0.1, -0.05) is 34.1 Å². The standard InChI is InChI=1S/C24H25BrN2O5S/c1-17(22-15-20(31-2)13-14-23(22)32-3)26-24(28)16-27(19-11-9-18(25)10-12-19)33(29,30)21-7-5-4-6-8-21/h4-15,17H,16H2,1-3H3,(H,26,28)/t17-/m1/s1. The lowest BCUT2D eigenvalue weighted by molar-refractivity contribution is -0.120. The van der Waals surface area contributed by atoms with Gasteiger partial charge in [0.2, 0.25) is 5.91 Å². The third-order valence-electron chi connectivity index (χ3n) is 5.01. The predicted octanol–water partition coefficient (Wildman–Crippen LogP) is 4.54. The minimum Gasteiger partial charge on any atom is -0.497 e. The van der Waals surface area contributed by atoms with Crippen LogP contribution >= 0.6 is 15.9 Å². The van der Waals surface area contributed by atoms with Gasteiger partial charge < -0.3 is 14.8 Å². The number of sulfonamides is 1. The maximum absolute atomic E-state index is 13.4. The Morgan fingerprint density at radius 3 is 2.27 bits per heavy atom. The molecule has 1 atom stereocenters. The molecule has 0 aliphatic heterocycles. The molecule has 0 unspecified atom stereocenters. The Balaban J connectivity index is 1.89. The predicted molar refractivity (Wildman–Crippen MR) is 131 cm³/mol. The number of halogens is 1. The maximum Gasteiger partial charge on any atom is 0.264 e. The molecular formula is C24H25BrN2O5S. The smallest absolute Gasteiger partial charge is 0.264 e. The Hall–Kier alpha value is -3.04. The molecule has 0 aliphatic rings. The van der Waals surface area contributed by atoms with Crippen LogP contribution in [0.5, 0.6) is 11.5 Å². The first-order valence-corrected chi connectivity index (χ1v) is 12.3. The maximum atomic E-state index is 13.4. The lowest BCUT2D eigenvalue weighted by Gasteiger charge is -2.25. The van der Waals surface area contributed by atoms with E-state index in [1.807, 2.05) is 0 Å². The number of methoxy groups -OCH3 is 2. The fourth-order valence-electron chi connectivity index (χ4n) is 3.32. The van der Waals surface area contributed by atoms with Crippen molar-refractivity contribution in [1.29, 1.82) is 0 Å². The molecule has 0 aliphatic carbocycles. The van der Waals surface area contributed by atoms with E-state index in [1.165, 1.54) is 12.1 Å². The molecule has 0 radical (unpaired) electrons. The monoisotopic (exact) mass is 532 g/mol. The summed E-state index contributed by atoms with van der Waals surface area (Å²) in [6.07, 6.45) is 0. The average molecular weight is 533 g/mol. The number of carbonyl (C=O) groups is 1. The molecule has 1 amide bonds. The highest BCUT2D eigenvalue weighted by Gasteiger charge is 2.28. The first-order valence-electron chi connectivity index (χ1n) is 10.1. The summed E-state index contributed by atoms with van der Waals surface area (Å²) in [7, 11) is -0.875. The van der Waals surface area contributed by atoms with Crippen LogP contribution in [-0.4, -0.2) is 35.1 Å². The van der Waals surface area contributed by atoms with Crippen LogP contribution in [0.3, 0.4) is 0 Å². The van der Waals surface area contributed by atoms with E-state index in [4.69, 9.17) is 9.47 Å². The van der Waals surface area contributed by atoms with Gasteiger partial charge in [0, 0.05) is 10.0 Å². The molecule has 0 saturated carbocycles. The van der Waals surface area contributed by atoms with E-state index in [1.54, 1.807) is 81.8 Å². The molecular weight excluding hydrogens is 508 g/mol. The summed E-state index contributed by atoms with van der Waals surface area (Å²) in [5.41, 5.74) is 1.09. The van der Waals surface area contributed by atoms with Gasteiger partial charge in [0.05, 0.1) is 30.8 Å². The van der Waals surface area contributed by atoms with Crippen molar-refractivity contribution < 1.29 is 22.7 Å². The number of hydrogen-bond donors (Lipinski definition) is 1. The number of benzene rings is 3. The van der Waals surface area contributed by atoms with Gasteiger partial charge in [0.15, 0.2) is 0 Å². The van der Waals surface area contributed by atoms with E-state index in [2.05, 4.69) is 21.2 Å². The molecule has 0 spiro atoms. The van der Waals surface area contributed by atoms with Crippen LogP contribution in [0.15, 0.2) is 82.2 Å². The number of anilines is 1. The number of rotatable bonds is 9. The molecule has 0 heterocycles. The third-order valence-corrected chi connectivity index (χ3v) is 7.33. The molecule has 3 aromatic rings. The highest BCUT2D eigenvalue weighted by atomic mass is 79.9. The van der Waals surface area contributed by atoms with Crippen molar-refractivity contribution >= 4 is 37.5 Å². The fourth-order valence-corrected chi connectivity index (χ4v) is 5.02. The topological polar surface area (TPSA) is 84.9 Å². The van der Waals surface area contributed by atoms with Crippen LogP contribution in [0.2, 0.25) is 0 Å². The highest BCUT2D eigenvalue weighted by Crippen LogP contribution is 2.30. The SMILES string of the molecule is COc1ccc(OC)c([C@@H](C)NC(=O)CN(c2ccc(Br)cc2)S(=O)(=O)c2ccccc2)c1. The first kappa shape index (κ1) is 24.6. The molecule has 3 rings (SSSR count). The molecule has 7 nitrogen and oxygen atoms in total. The van der Waals surface area contributed by atoms with Crippen molar-refractivity contribution in [2.45, 2.75) is 17.9 Å². The zero-order valence-corrected chi connectivity index (χ0v) is 20.9. The fraction of sp³-hybridized carbons (Fsp3) is 0.208. The number of carbonyl (C=O) groups excluding carboxylic acids is 1. The number of nitrogens with one attached hydrogen (secondary N) is 1. The van der Waals surface area contributed by atoms with Gasteiger partial charge in [-0.15, -0.1) is 0 Å². The van der Waals surface area contributed by atoms with Gasteiger partial charge in [-0.05, 0) is 61.5 Å². The normalized spacial score (nSPS) is 12.0. The molecule has 9 heteroatoms. The molecule has 0 aromatic heterocycles. The largest absolute Gasteiger partial charge is 0.497 e. The summed E-state index contributed by atoms with van der Waals surface area (Å²) >= 11 is 3.36. The summed E-state index contributed by atoms with van der Waals surface area (Å²) in [6, 6.07) is 19.6. The molecule has 0 saturated heterocycles. The van der Waals surface area contributed by atoms with Gasteiger partial charge in [-0.2, -0.15) is 0 Å². The first-order chi connectivity index (χ1) is 15.8. The molecule has 3 aromatic carbocycles. The summed E-state index contributed by atoms with van der Waals surface area (Å²) in [5, 5.41) is 2.87. The van der Waals surface area contributed by atoms with Crippen molar-refractivity contribution in [3.8, 4) is 11.5 Å². The number of hydrogen-bond acceptors (Lipinski definition) is 5. The van der Waals surface area contributed by atoms with E-state index >= 15 is 0 Å². The lowest BCUT2D eigenvalue weighted by atomic mass is 10.1. The third kappa shape index (κ3) is 5.85. The van der Waals surface area contributed by atoms with Crippen molar-refractivity contribution in [2.75, 3.05) is 25.1 Å². The Bertz CT molecular complexity index is 1200. The number of amides is 1. The Kier molecular flexibility index (Phi) is 7.99. The molecule has 0 fully saturated rings. The zero-order valence-electron chi connectivity index (χ0n) is 18.5. The van der Waals surface area contributed by atoms with E-state index in [-0.39, 0.29) is 4.90 Å². The van der Waals surface area contributed by atoms with Crippen molar-refractivity contribution in [1.82, 2.24) is 5.32 Å². The van der Waals surface area contributed by atoms with Crippen LogP contribution in [0.25, 0.3) is 0 Å². The van der Waals surface area contributed by atoms with Gasteiger partial charge in [-0.25, -0.2) is 8.42 Å². The number of ether oxygens (including phenoxy) is 2. The Morgan fingerprint density at radius 1 is 1.00 bits per heavy atom. The quantitative estimate of drug-likeness (QED) is 0.437. The van der Waals surface area contributed by atoms with E-state index in [0.717, 1.165) is 8.78 Å².